The average molecular weight is 372 g/mol. The third-order valence-electron chi connectivity index (χ3n) is 4.48. The monoisotopic (exact) mass is 371 g/mol. The molecule has 0 unspecified atom stereocenters. The predicted octanol–water partition coefficient (Wildman–Crippen LogP) is 4.19. The number of aromatic nitrogens is 2. The molecule has 0 saturated heterocycles. The van der Waals surface area contributed by atoms with Crippen LogP contribution < -0.4 is 10.1 Å². The fourth-order valence-corrected chi connectivity index (χ4v) is 3.16. The van der Waals surface area contributed by atoms with Gasteiger partial charge in [0.25, 0.3) is 0 Å². The van der Waals surface area contributed by atoms with Gasteiger partial charge in [0.15, 0.2) is 0 Å². The van der Waals surface area contributed by atoms with Gasteiger partial charge in [0.2, 0.25) is 5.91 Å². The number of carbonyl (C=O) groups excluding carboxylic acids is 1. The van der Waals surface area contributed by atoms with Crippen LogP contribution in [0.5, 0.6) is 5.75 Å². The van der Waals surface area contributed by atoms with E-state index in [0.717, 1.165) is 23.6 Å². The zero-order valence-corrected chi connectivity index (χ0v) is 17.5. The summed E-state index contributed by atoms with van der Waals surface area (Å²) in [6.45, 7) is 13.9. The highest BCUT2D eigenvalue weighted by atomic mass is 16.5. The van der Waals surface area contributed by atoms with Crippen molar-refractivity contribution in [2.75, 3.05) is 0 Å². The molecule has 0 bridgehead atoms. The SMILES string of the molecule is Cc1nn(CC(C)C)c(C)c1CCC(=O)NCc1ccccc1OC(C)C. The van der Waals surface area contributed by atoms with Crippen molar-refractivity contribution in [2.45, 2.75) is 73.6 Å². The maximum Gasteiger partial charge on any atom is 0.220 e. The number of nitrogens with zero attached hydrogens (tertiary/aromatic N) is 2. The second-order valence-electron chi connectivity index (χ2n) is 7.78. The molecule has 0 radical (unpaired) electrons. The number of ether oxygens (including phenoxy) is 1. The van der Waals surface area contributed by atoms with Crippen molar-refractivity contribution in [1.82, 2.24) is 15.1 Å². The van der Waals surface area contributed by atoms with Crippen LogP contribution in [0.4, 0.5) is 0 Å². The van der Waals surface area contributed by atoms with Crippen LogP contribution in [0.25, 0.3) is 0 Å². The summed E-state index contributed by atoms with van der Waals surface area (Å²) in [6, 6.07) is 7.84. The molecule has 0 atom stereocenters. The minimum absolute atomic E-state index is 0.0461. The van der Waals surface area contributed by atoms with Crippen LogP contribution in [-0.4, -0.2) is 21.8 Å². The van der Waals surface area contributed by atoms with Crippen molar-refractivity contribution >= 4 is 5.91 Å². The molecule has 0 fully saturated rings. The molecule has 0 aliphatic rings. The van der Waals surface area contributed by atoms with Crippen LogP contribution in [0.15, 0.2) is 24.3 Å². The molecule has 5 heteroatoms. The molecule has 1 aromatic carbocycles. The second-order valence-corrected chi connectivity index (χ2v) is 7.78. The fraction of sp³-hybridized carbons (Fsp3) is 0.545. The highest BCUT2D eigenvalue weighted by Gasteiger charge is 2.14. The first-order valence-corrected chi connectivity index (χ1v) is 9.82. The first-order valence-electron chi connectivity index (χ1n) is 9.82. The second kappa shape index (κ2) is 9.58. The summed E-state index contributed by atoms with van der Waals surface area (Å²) in [4.78, 5) is 12.4. The van der Waals surface area contributed by atoms with Gasteiger partial charge < -0.3 is 10.1 Å². The molecule has 0 spiro atoms. The van der Waals surface area contributed by atoms with Crippen LogP contribution >= 0.6 is 0 Å². The van der Waals surface area contributed by atoms with Crippen LogP contribution in [0.1, 0.15) is 56.6 Å². The topological polar surface area (TPSA) is 56.2 Å². The van der Waals surface area contributed by atoms with Crippen LogP contribution in [0.3, 0.4) is 0 Å². The molecule has 1 N–H and O–H groups in total. The Morgan fingerprint density at radius 2 is 1.89 bits per heavy atom. The smallest absolute Gasteiger partial charge is 0.220 e. The van der Waals surface area contributed by atoms with Crippen molar-refractivity contribution < 1.29 is 9.53 Å². The molecule has 5 nitrogen and oxygen atoms in total. The number of carbonyl (C=O) groups is 1. The van der Waals surface area contributed by atoms with Crippen molar-refractivity contribution in [3.63, 3.8) is 0 Å². The molecule has 2 rings (SSSR count). The third-order valence-corrected chi connectivity index (χ3v) is 4.48. The lowest BCUT2D eigenvalue weighted by atomic mass is 10.1. The Morgan fingerprint density at radius 1 is 1.19 bits per heavy atom. The predicted molar refractivity (Wildman–Crippen MR) is 109 cm³/mol. The summed E-state index contributed by atoms with van der Waals surface area (Å²) in [7, 11) is 0. The number of para-hydroxylation sites is 1. The van der Waals surface area contributed by atoms with Gasteiger partial charge in [-0.05, 0) is 51.7 Å². The molecule has 2 aromatic rings. The minimum Gasteiger partial charge on any atom is -0.491 e. The van der Waals surface area contributed by atoms with Gasteiger partial charge in [0.1, 0.15) is 5.75 Å². The van der Waals surface area contributed by atoms with Gasteiger partial charge in [-0.25, -0.2) is 0 Å². The van der Waals surface area contributed by atoms with E-state index in [2.05, 4.69) is 35.9 Å². The molecular weight excluding hydrogens is 338 g/mol. The van der Waals surface area contributed by atoms with Crippen molar-refractivity contribution in [2.24, 2.45) is 5.92 Å². The summed E-state index contributed by atoms with van der Waals surface area (Å²) in [6.07, 6.45) is 1.28. The lowest BCUT2D eigenvalue weighted by Gasteiger charge is -2.14. The Labute approximate surface area is 163 Å². The van der Waals surface area contributed by atoms with E-state index in [1.165, 1.54) is 11.3 Å². The van der Waals surface area contributed by atoms with E-state index in [1.807, 2.05) is 45.0 Å². The first kappa shape index (κ1) is 21.0. The van der Waals surface area contributed by atoms with Crippen LogP contribution in [0.2, 0.25) is 0 Å². The lowest BCUT2D eigenvalue weighted by molar-refractivity contribution is -0.121. The molecule has 1 aromatic heterocycles. The van der Waals surface area contributed by atoms with Crippen LogP contribution in [-0.2, 0) is 24.3 Å². The van der Waals surface area contributed by atoms with E-state index in [1.54, 1.807) is 0 Å². The Bertz CT molecular complexity index is 763. The van der Waals surface area contributed by atoms with E-state index in [4.69, 9.17) is 4.74 Å². The number of amides is 1. The van der Waals surface area contributed by atoms with Crippen molar-refractivity contribution in [1.29, 1.82) is 0 Å². The van der Waals surface area contributed by atoms with E-state index in [0.29, 0.717) is 25.3 Å². The normalized spacial score (nSPS) is 11.3. The maximum absolute atomic E-state index is 12.4. The van der Waals surface area contributed by atoms with E-state index in [-0.39, 0.29) is 12.0 Å². The van der Waals surface area contributed by atoms with E-state index in [9.17, 15) is 4.79 Å². The molecular formula is C22H33N3O2. The van der Waals surface area contributed by atoms with Crippen molar-refractivity contribution in [3.05, 3.63) is 46.8 Å². The molecule has 0 aliphatic heterocycles. The number of nitrogens with one attached hydrogen (secondary N) is 1. The maximum atomic E-state index is 12.4. The summed E-state index contributed by atoms with van der Waals surface area (Å²) >= 11 is 0. The van der Waals surface area contributed by atoms with Gasteiger partial charge in [-0.2, -0.15) is 5.10 Å². The third kappa shape index (κ3) is 6.12. The van der Waals surface area contributed by atoms with Gasteiger partial charge in [0.05, 0.1) is 11.8 Å². The summed E-state index contributed by atoms with van der Waals surface area (Å²) in [5.41, 5.74) is 4.38. The van der Waals surface area contributed by atoms with Gasteiger partial charge in [-0.1, -0.05) is 32.0 Å². The Morgan fingerprint density at radius 3 is 2.56 bits per heavy atom. The number of hydrogen-bond acceptors (Lipinski definition) is 3. The van der Waals surface area contributed by atoms with Gasteiger partial charge in [-0.15, -0.1) is 0 Å². The van der Waals surface area contributed by atoms with Gasteiger partial charge >= 0.3 is 0 Å². The van der Waals surface area contributed by atoms with Crippen molar-refractivity contribution in [3.8, 4) is 5.75 Å². The molecule has 0 saturated carbocycles. The Kier molecular flexibility index (Phi) is 7.45. The number of benzene rings is 1. The van der Waals surface area contributed by atoms with Gasteiger partial charge in [-0.3, -0.25) is 9.48 Å². The van der Waals surface area contributed by atoms with Crippen LogP contribution in [0, 0.1) is 19.8 Å². The molecule has 1 heterocycles. The highest BCUT2D eigenvalue weighted by molar-refractivity contribution is 5.76. The highest BCUT2D eigenvalue weighted by Crippen LogP contribution is 2.20. The number of aryl methyl sites for hydroxylation is 1. The Balaban J connectivity index is 1.92. The number of rotatable bonds is 9. The fourth-order valence-electron chi connectivity index (χ4n) is 3.16. The summed E-state index contributed by atoms with van der Waals surface area (Å²) < 4.78 is 7.87. The largest absolute Gasteiger partial charge is 0.491 e. The molecule has 0 aliphatic carbocycles. The molecule has 27 heavy (non-hydrogen) atoms. The molecule has 148 valence electrons. The number of hydrogen-bond donors (Lipinski definition) is 1. The zero-order valence-electron chi connectivity index (χ0n) is 17.5. The Hall–Kier alpha value is -2.30. The minimum atomic E-state index is 0.0461. The first-order chi connectivity index (χ1) is 12.8. The quantitative estimate of drug-likeness (QED) is 0.719. The molecule has 1 amide bonds. The zero-order chi connectivity index (χ0) is 20.0. The van der Waals surface area contributed by atoms with Gasteiger partial charge in [0, 0.05) is 30.8 Å². The summed E-state index contributed by atoms with van der Waals surface area (Å²) in [5.74, 6) is 1.42. The standard InChI is InChI=1S/C22H33N3O2/c1-15(2)14-25-18(6)20(17(5)24-25)11-12-22(26)23-13-19-9-7-8-10-21(19)27-16(3)4/h7-10,15-16H,11-14H2,1-6H3,(H,23,26). The van der Waals surface area contributed by atoms with E-state index < -0.39 is 0 Å². The van der Waals surface area contributed by atoms with E-state index >= 15 is 0 Å². The summed E-state index contributed by atoms with van der Waals surface area (Å²) in [5, 5.41) is 7.64. The average Bonchev–Trinajstić information content (AvgIpc) is 2.84. The lowest BCUT2D eigenvalue weighted by Crippen LogP contribution is -2.23.